The molecule has 0 aromatic carbocycles. The second-order valence-corrected chi connectivity index (χ2v) is 7.90. The van der Waals surface area contributed by atoms with Gasteiger partial charge in [0.1, 0.15) is 0 Å². The lowest BCUT2D eigenvalue weighted by Crippen LogP contribution is -2.20. The van der Waals surface area contributed by atoms with Crippen molar-refractivity contribution in [2.45, 2.75) is 64.7 Å². The standard InChI is InChI=1S/C19H28/c1-13-6-9-18-15(4-3-5-17(13)18)10-11-19-12-16(19)8-7-14(19)2/h10,13,16-18H,2-9,11-12H2,1H3/b15-10+. The van der Waals surface area contributed by atoms with Crippen LogP contribution in [0.25, 0.3) is 0 Å². The van der Waals surface area contributed by atoms with E-state index in [-0.39, 0.29) is 0 Å². The molecule has 0 bridgehead atoms. The summed E-state index contributed by atoms with van der Waals surface area (Å²) in [5.74, 6) is 3.99. The van der Waals surface area contributed by atoms with Crippen LogP contribution in [0.2, 0.25) is 0 Å². The third-order valence-corrected chi connectivity index (χ3v) is 7.12. The fraction of sp³-hybridized carbons (Fsp3) is 0.789. The Kier molecular flexibility index (Phi) is 2.73. The van der Waals surface area contributed by atoms with Crippen LogP contribution in [-0.4, -0.2) is 0 Å². The molecule has 0 aliphatic heterocycles. The zero-order valence-corrected chi connectivity index (χ0v) is 12.5. The average molecular weight is 256 g/mol. The van der Waals surface area contributed by atoms with Crippen molar-refractivity contribution in [2.24, 2.45) is 29.1 Å². The first-order chi connectivity index (χ1) is 9.21. The fourth-order valence-corrected chi connectivity index (χ4v) is 5.69. The van der Waals surface area contributed by atoms with Gasteiger partial charge < -0.3 is 0 Å². The topological polar surface area (TPSA) is 0 Å². The number of fused-ring (bicyclic) bond motifs is 2. The van der Waals surface area contributed by atoms with Gasteiger partial charge in [0.15, 0.2) is 0 Å². The molecule has 0 saturated heterocycles. The van der Waals surface area contributed by atoms with Crippen molar-refractivity contribution in [3.05, 3.63) is 23.8 Å². The maximum absolute atomic E-state index is 4.36. The molecule has 5 unspecified atom stereocenters. The van der Waals surface area contributed by atoms with Crippen molar-refractivity contribution < 1.29 is 0 Å². The van der Waals surface area contributed by atoms with Crippen molar-refractivity contribution in [3.63, 3.8) is 0 Å². The van der Waals surface area contributed by atoms with Crippen LogP contribution < -0.4 is 0 Å². The van der Waals surface area contributed by atoms with Crippen LogP contribution >= 0.6 is 0 Å². The van der Waals surface area contributed by atoms with Crippen molar-refractivity contribution in [1.82, 2.24) is 0 Å². The molecule has 104 valence electrons. The molecule has 0 radical (unpaired) electrons. The van der Waals surface area contributed by atoms with Crippen LogP contribution in [0.1, 0.15) is 64.7 Å². The lowest BCUT2D eigenvalue weighted by atomic mass is 9.74. The van der Waals surface area contributed by atoms with Gasteiger partial charge in [-0.1, -0.05) is 30.7 Å². The van der Waals surface area contributed by atoms with Crippen molar-refractivity contribution >= 4 is 0 Å². The predicted molar refractivity (Wildman–Crippen MR) is 80.8 cm³/mol. The molecule has 0 aromatic heterocycles. The summed E-state index contributed by atoms with van der Waals surface area (Å²) in [5.41, 5.74) is 4.02. The summed E-state index contributed by atoms with van der Waals surface area (Å²) in [5, 5.41) is 0. The van der Waals surface area contributed by atoms with Crippen LogP contribution in [0.5, 0.6) is 0 Å². The highest BCUT2D eigenvalue weighted by atomic mass is 14.6. The Hall–Kier alpha value is -0.520. The van der Waals surface area contributed by atoms with Gasteiger partial charge in [-0.2, -0.15) is 0 Å². The third-order valence-electron chi connectivity index (χ3n) is 7.12. The molecule has 0 aromatic rings. The minimum absolute atomic E-state index is 0.587. The van der Waals surface area contributed by atoms with E-state index in [0.717, 1.165) is 23.7 Å². The molecule has 0 heteroatoms. The van der Waals surface area contributed by atoms with E-state index in [1.807, 2.05) is 5.57 Å². The fourth-order valence-electron chi connectivity index (χ4n) is 5.69. The smallest absolute Gasteiger partial charge is 0.00246 e. The summed E-state index contributed by atoms with van der Waals surface area (Å²) in [7, 11) is 0. The third kappa shape index (κ3) is 1.78. The van der Waals surface area contributed by atoms with E-state index in [1.165, 1.54) is 57.8 Å². The van der Waals surface area contributed by atoms with Crippen LogP contribution in [0.3, 0.4) is 0 Å². The van der Waals surface area contributed by atoms with Gasteiger partial charge in [0.2, 0.25) is 0 Å². The molecule has 0 N–H and O–H groups in total. The van der Waals surface area contributed by atoms with Crippen molar-refractivity contribution in [2.75, 3.05) is 0 Å². The minimum atomic E-state index is 0.587. The molecule has 0 heterocycles. The molecular formula is C19H28. The number of hydrogen-bond acceptors (Lipinski definition) is 0. The Labute approximate surface area is 118 Å². The zero-order valence-electron chi connectivity index (χ0n) is 12.5. The molecule has 4 saturated carbocycles. The van der Waals surface area contributed by atoms with Gasteiger partial charge in [0.25, 0.3) is 0 Å². The molecule has 4 aliphatic carbocycles. The summed E-state index contributed by atoms with van der Waals surface area (Å²) in [6.07, 6.45) is 15.6. The molecule has 4 rings (SSSR count). The highest BCUT2D eigenvalue weighted by Crippen LogP contribution is 2.68. The summed E-state index contributed by atoms with van der Waals surface area (Å²) in [6.45, 7) is 6.85. The van der Waals surface area contributed by atoms with E-state index >= 15 is 0 Å². The maximum Gasteiger partial charge on any atom is -0.00246 e. The van der Waals surface area contributed by atoms with Crippen LogP contribution in [0, 0.1) is 29.1 Å². The van der Waals surface area contributed by atoms with Gasteiger partial charge in [-0.05, 0) is 86.9 Å². The zero-order chi connectivity index (χ0) is 13.0. The number of hydrogen-bond donors (Lipinski definition) is 0. The van der Waals surface area contributed by atoms with Gasteiger partial charge in [-0.3, -0.25) is 0 Å². The Balaban J connectivity index is 1.50. The van der Waals surface area contributed by atoms with E-state index in [4.69, 9.17) is 0 Å². The van der Waals surface area contributed by atoms with Crippen LogP contribution in [0.4, 0.5) is 0 Å². The largest absolute Gasteiger partial charge is 0.0993 e. The molecule has 0 nitrogen and oxygen atoms in total. The number of rotatable bonds is 2. The lowest BCUT2D eigenvalue weighted by Gasteiger charge is -2.31. The summed E-state index contributed by atoms with van der Waals surface area (Å²) >= 11 is 0. The molecular weight excluding hydrogens is 228 g/mol. The molecule has 4 aliphatic rings. The minimum Gasteiger partial charge on any atom is -0.0993 e. The summed E-state index contributed by atoms with van der Waals surface area (Å²) in [4.78, 5) is 0. The van der Waals surface area contributed by atoms with Gasteiger partial charge in [-0.15, -0.1) is 0 Å². The second-order valence-electron chi connectivity index (χ2n) is 7.90. The van der Waals surface area contributed by atoms with Gasteiger partial charge in [0, 0.05) is 0 Å². The molecule has 0 spiro atoms. The van der Waals surface area contributed by atoms with E-state index in [9.17, 15) is 0 Å². The monoisotopic (exact) mass is 256 g/mol. The van der Waals surface area contributed by atoms with Crippen LogP contribution in [0.15, 0.2) is 23.8 Å². The van der Waals surface area contributed by atoms with Gasteiger partial charge in [0.05, 0.1) is 0 Å². The summed E-state index contributed by atoms with van der Waals surface area (Å²) in [6, 6.07) is 0. The Bertz CT molecular complexity index is 429. The van der Waals surface area contributed by atoms with E-state index in [0.29, 0.717) is 5.41 Å². The van der Waals surface area contributed by atoms with E-state index in [2.05, 4.69) is 19.6 Å². The summed E-state index contributed by atoms with van der Waals surface area (Å²) < 4.78 is 0. The van der Waals surface area contributed by atoms with E-state index < -0.39 is 0 Å². The van der Waals surface area contributed by atoms with Crippen LogP contribution in [-0.2, 0) is 0 Å². The van der Waals surface area contributed by atoms with Gasteiger partial charge >= 0.3 is 0 Å². The second kappa shape index (κ2) is 4.24. The first kappa shape index (κ1) is 12.2. The molecule has 5 atom stereocenters. The highest BCUT2D eigenvalue weighted by molar-refractivity contribution is 5.31. The maximum atomic E-state index is 4.36. The SMILES string of the molecule is C=C1CCC2CC12C/C=C1\CCCC2C(C)CCC12. The first-order valence-corrected chi connectivity index (χ1v) is 8.58. The van der Waals surface area contributed by atoms with Gasteiger partial charge in [-0.25, -0.2) is 0 Å². The van der Waals surface area contributed by atoms with E-state index in [1.54, 1.807) is 5.57 Å². The Morgan fingerprint density at radius 2 is 2.11 bits per heavy atom. The molecule has 4 fully saturated rings. The molecule has 19 heavy (non-hydrogen) atoms. The predicted octanol–water partition coefficient (Wildman–Crippen LogP) is 5.51. The number of allylic oxidation sites excluding steroid dienone is 3. The van der Waals surface area contributed by atoms with Crippen molar-refractivity contribution in [3.8, 4) is 0 Å². The van der Waals surface area contributed by atoms with Crippen molar-refractivity contribution in [1.29, 1.82) is 0 Å². The highest BCUT2D eigenvalue weighted by Gasteiger charge is 2.58. The lowest BCUT2D eigenvalue weighted by molar-refractivity contribution is 0.291. The first-order valence-electron chi connectivity index (χ1n) is 8.58. The Morgan fingerprint density at radius 3 is 2.84 bits per heavy atom. The average Bonchev–Trinajstić information content (AvgIpc) is 2.90. The Morgan fingerprint density at radius 1 is 1.21 bits per heavy atom. The quantitative estimate of drug-likeness (QED) is 0.572. The normalized spacial score (nSPS) is 50.4. The molecule has 0 amide bonds.